The number of hydrogen-bond acceptors (Lipinski definition) is 6. The molecule has 1 aromatic rings. The third kappa shape index (κ3) is 3.51. The fraction of sp³-hybridized carbons (Fsp3) is 0.429. The molecule has 0 radical (unpaired) electrons. The third-order valence-corrected chi connectivity index (χ3v) is 2.96. The highest BCUT2D eigenvalue weighted by molar-refractivity contribution is 6.01. The summed E-state index contributed by atoms with van der Waals surface area (Å²) in [4.78, 5) is 47.4. The molecule has 2 N–H and O–H groups in total. The minimum absolute atomic E-state index is 0.206. The quantitative estimate of drug-likeness (QED) is 0.444. The summed E-state index contributed by atoms with van der Waals surface area (Å²) >= 11 is 0. The van der Waals surface area contributed by atoms with E-state index in [4.69, 9.17) is 10.5 Å². The molecule has 0 saturated heterocycles. The van der Waals surface area contributed by atoms with Crippen LogP contribution in [0.1, 0.15) is 30.6 Å². The Balaban J connectivity index is 3.24. The molecule has 8 nitrogen and oxygen atoms in total. The van der Waals surface area contributed by atoms with Crippen molar-refractivity contribution in [2.24, 2.45) is 7.05 Å². The van der Waals surface area contributed by atoms with Crippen LogP contribution < -0.4 is 17.0 Å². The van der Waals surface area contributed by atoms with E-state index < -0.39 is 29.6 Å². The Kier molecular flexibility index (Phi) is 5.85. The van der Waals surface area contributed by atoms with Gasteiger partial charge in [0.1, 0.15) is 11.4 Å². The van der Waals surface area contributed by atoms with Gasteiger partial charge in [-0.1, -0.05) is 13.0 Å². The van der Waals surface area contributed by atoms with Crippen LogP contribution in [0.2, 0.25) is 0 Å². The second kappa shape index (κ2) is 7.39. The van der Waals surface area contributed by atoms with Crippen LogP contribution in [-0.4, -0.2) is 27.5 Å². The smallest absolute Gasteiger partial charge is 0.332 e. The number of allylic oxidation sites excluding steroid dienone is 1. The lowest BCUT2D eigenvalue weighted by molar-refractivity contribution is -0.136. The van der Waals surface area contributed by atoms with Crippen molar-refractivity contribution in [2.75, 3.05) is 12.3 Å². The first-order chi connectivity index (χ1) is 10.3. The van der Waals surface area contributed by atoms with E-state index >= 15 is 0 Å². The second-order valence-electron chi connectivity index (χ2n) is 4.59. The Morgan fingerprint density at radius 1 is 1.32 bits per heavy atom. The molecule has 22 heavy (non-hydrogen) atoms. The number of nitrogens with zero attached hydrogens (tertiary/aromatic N) is 2. The van der Waals surface area contributed by atoms with Crippen molar-refractivity contribution < 1.29 is 14.3 Å². The van der Waals surface area contributed by atoms with E-state index in [1.807, 2.05) is 6.92 Å². The predicted octanol–water partition coefficient (Wildman–Crippen LogP) is -0.159. The molecule has 0 amide bonds. The summed E-state index contributed by atoms with van der Waals surface area (Å²) in [5.41, 5.74) is 4.04. The molecule has 0 bridgehead atoms. The molecule has 1 rings (SSSR count). The van der Waals surface area contributed by atoms with Crippen LogP contribution in [0.15, 0.2) is 21.7 Å². The molecular weight excluding hydrogens is 290 g/mol. The molecule has 1 heterocycles. The van der Waals surface area contributed by atoms with Crippen LogP contribution >= 0.6 is 0 Å². The Labute approximate surface area is 126 Å². The van der Waals surface area contributed by atoms with Gasteiger partial charge in [-0.15, -0.1) is 0 Å². The first-order valence-electron chi connectivity index (χ1n) is 6.77. The second-order valence-corrected chi connectivity index (χ2v) is 4.59. The Hall–Kier alpha value is -2.64. The van der Waals surface area contributed by atoms with Crippen molar-refractivity contribution >= 4 is 17.6 Å². The van der Waals surface area contributed by atoms with Gasteiger partial charge in [-0.25, -0.2) is 9.59 Å². The van der Waals surface area contributed by atoms with Crippen LogP contribution in [0.3, 0.4) is 0 Å². The number of Topliss-reactive ketones (excluding diaryl/α,β-unsaturated/α-hetero) is 1. The molecule has 0 saturated carbocycles. The standard InChI is InChI=1S/C14H19N3O5/c1-4-6-10(19)22-8-9(18)11-12(15)17(7-5-2)14(21)16(3)13(11)20/h4,6H,5,7-8,15H2,1-3H3/b6-4+. The molecule has 0 fully saturated rings. The number of ether oxygens (including phenoxy) is 1. The van der Waals surface area contributed by atoms with E-state index in [2.05, 4.69) is 0 Å². The van der Waals surface area contributed by atoms with Crippen molar-refractivity contribution in [1.29, 1.82) is 0 Å². The number of carbonyl (C=O) groups excluding carboxylic acids is 2. The van der Waals surface area contributed by atoms with E-state index in [9.17, 15) is 19.2 Å². The van der Waals surface area contributed by atoms with Crippen LogP contribution in [0.25, 0.3) is 0 Å². The number of esters is 1. The predicted molar refractivity (Wildman–Crippen MR) is 80.7 cm³/mol. The number of ketones is 1. The van der Waals surface area contributed by atoms with Crippen molar-refractivity contribution in [3.8, 4) is 0 Å². The van der Waals surface area contributed by atoms with E-state index in [0.717, 1.165) is 15.2 Å². The van der Waals surface area contributed by atoms with Crippen LogP contribution in [-0.2, 0) is 23.1 Å². The van der Waals surface area contributed by atoms with E-state index in [0.29, 0.717) is 6.42 Å². The maximum absolute atomic E-state index is 12.1. The first-order valence-corrected chi connectivity index (χ1v) is 6.77. The highest BCUT2D eigenvalue weighted by atomic mass is 16.5. The molecule has 0 atom stereocenters. The molecule has 0 spiro atoms. The van der Waals surface area contributed by atoms with Crippen molar-refractivity contribution in [3.05, 3.63) is 38.6 Å². The first kappa shape index (κ1) is 17.4. The average Bonchev–Trinajstić information content (AvgIpc) is 2.48. The summed E-state index contributed by atoms with van der Waals surface area (Å²) < 4.78 is 6.68. The number of hydrogen-bond donors (Lipinski definition) is 1. The minimum atomic E-state index is -0.804. The summed E-state index contributed by atoms with van der Waals surface area (Å²) in [5, 5.41) is 0. The van der Waals surface area contributed by atoms with Gasteiger partial charge in [-0.3, -0.25) is 18.7 Å². The van der Waals surface area contributed by atoms with Gasteiger partial charge in [0.25, 0.3) is 5.56 Å². The van der Waals surface area contributed by atoms with Gasteiger partial charge in [0, 0.05) is 19.7 Å². The fourth-order valence-electron chi connectivity index (χ4n) is 1.88. The monoisotopic (exact) mass is 309 g/mol. The minimum Gasteiger partial charge on any atom is -0.454 e. The van der Waals surface area contributed by atoms with E-state index in [1.165, 1.54) is 13.1 Å². The highest BCUT2D eigenvalue weighted by Crippen LogP contribution is 2.07. The van der Waals surface area contributed by atoms with Crippen molar-refractivity contribution in [3.63, 3.8) is 0 Å². The lowest BCUT2D eigenvalue weighted by Gasteiger charge is -2.13. The SMILES string of the molecule is C/C=C/C(=O)OCC(=O)c1c(N)n(CCC)c(=O)n(C)c1=O. The van der Waals surface area contributed by atoms with Gasteiger partial charge in [-0.2, -0.15) is 0 Å². The normalized spacial score (nSPS) is 10.9. The van der Waals surface area contributed by atoms with E-state index in [1.54, 1.807) is 6.92 Å². The molecule has 0 unspecified atom stereocenters. The van der Waals surface area contributed by atoms with Crippen LogP contribution in [0, 0.1) is 0 Å². The Morgan fingerprint density at radius 3 is 2.50 bits per heavy atom. The molecule has 0 aliphatic carbocycles. The summed E-state index contributed by atoms with van der Waals surface area (Å²) in [5.74, 6) is -1.66. The Bertz CT molecular complexity index is 727. The zero-order valence-electron chi connectivity index (χ0n) is 12.8. The third-order valence-electron chi connectivity index (χ3n) is 2.96. The van der Waals surface area contributed by atoms with Gasteiger partial charge in [0.05, 0.1) is 0 Å². The van der Waals surface area contributed by atoms with E-state index in [-0.39, 0.29) is 17.9 Å². The number of carbonyl (C=O) groups is 2. The fourth-order valence-corrected chi connectivity index (χ4v) is 1.88. The zero-order chi connectivity index (χ0) is 16.9. The maximum atomic E-state index is 12.1. The molecule has 1 aromatic heterocycles. The molecule has 8 heteroatoms. The molecule has 0 aromatic carbocycles. The summed E-state index contributed by atoms with van der Waals surface area (Å²) in [6.07, 6.45) is 3.21. The van der Waals surface area contributed by atoms with Gasteiger partial charge in [0.2, 0.25) is 5.78 Å². The average molecular weight is 309 g/mol. The lowest BCUT2D eigenvalue weighted by Crippen LogP contribution is -2.43. The highest BCUT2D eigenvalue weighted by Gasteiger charge is 2.21. The summed E-state index contributed by atoms with van der Waals surface area (Å²) in [6, 6.07) is 0. The van der Waals surface area contributed by atoms with Crippen molar-refractivity contribution in [1.82, 2.24) is 9.13 Å². The molecule has 120 valence electrons. The largest absolute Gasteiger partial charge is 0.454 e. The van der Waals surface area contributed by atoms with Crippen LogP contribution in [0.4, 0.5) is 5.82 Å². The zero-order valence-corrected chi connectivity index (χ0v) is 12.8. The number of anilines is 1. The van der Waals surface area contributed by atoms with Gasteiger partial charge in [0.15, 0.2) is 6.61 Å². The number of nitrogens with two attached hydrogens (primary N) is 1. The van der Waals surface area contributed by atoms with Crippen molar-refractivity contribution in [2.45, 2.75) is 26.8 Å². The molecule has 0 aliphatic rings. The van der Waals surface area contributed by atoms with Gasteiger partial charge < -0.3 is 10.5 Å². The summed E-state index contributed by atoms with van der Waals surface area (Å²) in [6.45, 7) is 3.11. The molecule has 0 aliphatic heterocycles. The number of rotatable bonds is 6. The lowest BCUT2D eigenvalue weighted by atomic mass is 10.2. The molecular formula is C14H19N3O5. The van der Waals surface area contributed by atoms with Gasteiger partial charge in [-0.05, 0) is 13.3 Å². The van der Waals surface area contributed by atoms with Crippen LogP contribution in [0.5, 0.6) is 0 Å². The summed E-state index contributed by atoms with van der Waals surface area (Å²) in [7, 11) is 1.26. The maximum Gasteiger partial charge on any atom is 0.332 e. The van der Waals surface area contributed by atoms with Gasteiger partial charge >= 0.3 is 11.7 Å². The topological polar surface area (TPSA) is 113 Å². The number of nitrogen functional groups attached to an aromatic ring is 1. The Morgan fingerprint density at radius 2 is 1.95 bits per heavy atom. The number of aromatic nitrogens is 2.